The van der Waals surface area contributed by atoms with Crippen LogP contribution < -0.4 is 5.32 Å². The van der Waals surface area contributed by atoms with Gasteiger partial charge in [-0.1, -0.05) is 346 Å². The lowest BCUT2D eigenvalue weighted by Crippen LogP contribution is -2.45. The molecule has 2 unspecified atom stereocenters. The molecule has 0 aliphatic rings. The van der Waals surface area contributed by atoms with Gasteiger partial charge in [-0.25, -0.2) is 0 Å². The van der Waals surface area contributed by atoms with Gasteiger partial charge in [0.2, 0.25) is 5.91 Å². The van der Waals surface area contributed by atoms with E-state index in [4.69, 9.17) is 4.74 Å². The molecule has 1 amide bonds. The molecule has 0 aliphatic carbocycles. The highest BCUT2D eigenvalue weighted by molar-refractivity contribution is 5.76. The fourth-order valence-corrected chi connectivity index (χ4v) is 10.8. The van der Waals surface area contributed by atoms with E-state index in [0.29, 0.717) is 25.9 Å². The second-order valence-electron chi connectivity index (χ2n) is 23.5. The standard InChI is InChI=1S/C69H133NO5/c1-3-5-7-9-11-13-15-17-19-20-21-22-24-27-30-34-37-41-45-49-53-57-61-67(72)66(65-71)70-68(73)62-58-54-50-46-42-38-35-31-28-25-23-26-29-32-36-40-44-48-52-56-60-64-75-69(74)63-59-55-51-47-43-39-33-18-16-14-12-10-8-6-4-2/h40,44,52,56,66-67,71-72H,3-39,41-43,45-51,53-55,57-65H2,1-2H3,(H,70,73)/b44-40-,56-52-. The molecule has 2 atom stereocenters. The highest BCUT2D eigenvalue weighted by Gasteiger charge is 2.20. The van der Waals surface area contributed by atoms with E-state index < -0.39 is 12.1 Å². The molecule has 3 N–H and O–H groups in total. The van der Waals surface area contributed by atoms with Crippen LogP contribution in [0.25, 0.3) is 0 Å². The topological polar surface area (TPSA) is 95.9 Å². The molecule has 0 radical (unpaired) electrons. The summed E-state index contributed by atoms with van der Waals surface area (Å²) in [5.41, 5.74) is 0. The van der Waals surface area contributed by atoms with Gasteiger partial charge in [-0.2, -0.15) is 0 Å². The first-order chi connectivity index (χ1) is 37.0. The van der Waals surface area contributed by atoms with Crippen LogP contribution in [0.4, 0.5) is 0 Å². The largest absolute Gasteiger partial charge is 0.465 e. The van der Waals surface area contributed by atoms with Crippen LogP contribution in [0.3, 0.4) is 0 Å². The molecule has 0 aromatic carbocycles. The molecule has 6 nitrogen and oxygen atoms in total. The van der Waals surface area contributed by atoms with Crippen molar-refractivity contribution in [1.82, 2.24) is 5.32 Å². The number of unbranched alkanes of at least 4 members (excludes halogenated alkanes) is 49. The molecule has 6 heteroatoms. The van der Waals surface area contributed by atoms with Crippen LogP contribution in [0.2, 0.25) is 0 Å². The fourth-order valence-electron chi connectivity index (χ4n) is 10.8. The minimum atomic E-state index is -0.669. The summed E-state index contributed by atoms with van der Waals surface area (Å²) in [5.74, 6) is -0.0668. The van der Waals surface area contributed by atoms with Crippen LogP contribution in [0.1, 0.15) is 380 Å². The third-order valence-electron chi connectivity index (χ3n) is 16.0. The number of esters is 1. The Morgan fingerprint density at radius 2 is 0.667 bits per heavy atom. The summed E-state index contributed by atoms with van der Waals surface area (Å²) in [4.78, 5) is 24.6. The van der Waals surface area contributed by atoms with Gasteiger partial charge < -0.3 is 20.3 Å². The van der Waals surface area contributed by atoms with Crippen LogP contribution in [0, 0.1) is 0 Å². The highest BCUT2D eigenvalue weighted by Crippen LogP contribution is 2.19. The van der Waals surface area contributed by atoms with E-state index in [2.05, 4.69) is 43.5 Å². The van der Waals surface area contributed by atoms with Crippen molar-refractivity contribution in [2.24, 2.45) is 0 Å². The molecule has 0 aliphatic heterocycles. The number of nitrogens with one attached hydrogen (secondary N) is 1. The van der Waals surface area contributed by atoms with Gasteiger partial charge in [0.15, 0.2) is 0 Å². The predicted molar refractivity (Wildman–Crippen MR) is 329 cm³/mol. The SMILES string of the molecule is CCCCCCCCCCCCCCCCCCCCCCCCC(O)C(CO)NC(=O)CCCCCCCCCCCCCCCC/C=C\C/C=C\CCOC(=O)CCCCCCCCCCCCCCCCC. The highest BCUT2D eigenvalue weighted by atomic mass is 16.5. The Balaban J connectivity index is 3.44. The summed E-state index contributed by atoms with van der Waals surface area (Å²) in [6.07, 6.45) is 80.8. The monoisotopic (exact) mass is 1060 g/mol. The lowest BCUT2D eigenvalue weighted by Gasteiger charge is -2.22. The molecule has 0 rings (SSSR count). The Morgan fingerprint density at radius 3 is 1.01 bits per heavy atom. The summed E-state index contributed by atoms with van der Waals surface area (Å²) in [7, 11) is 0. The molecule has 0 aromatic heterocycles. The first-order valence-corrected chi connectivity index (χ1v) is 34.1. The van der Waals surface area contributed by atoms with Gasteiger partial charge in [-0.05, 0) is 44.9 Å². The van der Waals surface area contributed by atoms with Crippen LogP contribution in [0.15, 0.2) is 24.3 Å². The number of amides is 1. The fraction of sp³-hybridized carbons (Fsp3) is 0.913. The van der Waals surface area contributed by atoms with Crippen molar-refractivity contribution in [3.63, 3.8) is 0 Å². The Morgan fingerprint density at radius 1 is 0.373 bits per heavy atom. The number of carbonyl (C=O) groups excluding carboxylic acids is 2. The second kappa shape index (κ2) is 64.9. The Labute approximate surface area is 469 Å². The minimum absolute atomic E-state index is 0.0314. The smallest absolute Gasteiger partial charge is 0.305 e. The van der Waals surface area contributed by atoms with E-state index in [9.17, 15) is 19.8 Å². The third kappa shape index (κ3) is 61.4. The lowest BCUT2D eigenvalue weighted by atomic mass is 10.0. The summed E-state index contributed by atoms with van der Waals surface area (Å²) < 4.78 is 5.43. The lowest BCUT2D eigenvalue weighted by molar-refractivity contribution is -0.143. The van der Waals surface area contributed by atoms with E-state index >= 15 is 0 Å². The maximum absolute atomic E-state index is 12.5. The number of hydrogen-bond acceptors (Lipinski definition) is 5. The number of aliphatic hydroxyl groups is 2. The zero-order valence-electron chi connectivity index (χ0n) is 50.8. The molecule has 0 bridgehead atoms. The summed E-state index contributed by atoms with van der Waals surface area (Å²) in [5, 5.41) is 23.4. The van der Waals surface area contributed by atoms with Crippen molar-refractivity contribution in [2.45, 2.75) is 392 Å². The summed E-state index contributed by atoms with van der Waals surface area (Å²) in [6.45, 7) is 4.88. The van der Waals surface area contributed by atoms with Crippen molar-refractivity contribution in [1.29, 1.82) is 0 Å². The van der Waals surface area contributed by atoms with E-state index in [0.717, 1.165) is 51.4 Å². The average molecular weight is 1060 g/mol. The minimum Gasteiger partial charge on any atom is -0.465 e. The van der Waals surface area contributed by atoms with Gasteiger partial charge in [0.05, 0.1) is 25.4 Å². The van der Waals surface area contributed by atoms with E-state index in [1.165, 1.54) is 295 Å². The maximum atomic E-state index is 12.5. The molecular formula is C69H133NO5. The van der Waals surface area contributed by atoms with E-state index in [1.807, 2.05) is 0 Å². The van der Waals surface area contributed by atoms with Crippen molar-refractivity contribution >= 4 is 11.9 Å². The Bertz CT molecular complexity index is 1170. The second-order valence-corrected chi connectivity index (χ2v) is 23.5. The Kier molecular flexibility index (Phi) is 63.4. The van der Waals surface area contributed by atoms with Gasteiger partial charge in [0.1, 0.15) is 0 Å². The Hall–Kier alpha value is -1.66. The molecule has 0 aromatic rings. The molecule has 0 spiro atoms. The van der Waals surface area contributed by atoms with E-state index in [-0.39, 0.29) is 18.5 Å². The molecular weight excluding hydrogens is 923 g/mol. The van der Waals surface area contributed by atoms with E-state index in [1.54, 1.807) is 0 Å². The van der Waals surface area contributed by atoms with Gasteiger partial charge in [-0.3, -0.25) is 9.59 Å². The van der Waals surface area contributed by atoms with Crippen molar-refractivity contribution in [2.75, 3.05) is 13.2 Å². The molecule has 0 heterocycles. The zero-order valence-corrected chi connectivity index (χ0v) is 50.8. The van der Waals surface area contributed by atoms with Crippen LogP contribution in [-0.4, -0.2) is 47.4 Å². The first kappa shape index (κ1) is 73.3. The van der Waals surface area contributed by atoms with Gasteiger partial charge in [0.25, 0.3) is 0 Å². The van der Waals surface area contributed by atoms with Crippen molar-refractivity contribution < 1.29 is 24.5 Å². The summed E-state index contributed by atoms with van der Waals surface area (Å²) >= 11 is 0. The average Bonchev–Trinajstić information content (AvgIpc) is 3.41. The van der Waals surface area contributed by atoms with Crippen LogP contribution >= 0.6 is 0 Å². The number of ether oxygens (including phenoxy) is 1. The first-order valence-electron chi connectivity index (χ1n) is 34.1. The zero-order chi connectivity index (χ0) is 54.3. The number of aliphatic hydroxyl groups excluding tert-OH is 2. The molecule has 75 heavy (non-hydrogen) atoms. The number of rotatable bonds is 64. The normalized spacial score (nSPS) is 12.6. The molecule has 444 valence electrons. The van der Waals surface area contributed by atoms with Gasteiger partial charge in [0, 0.05) is 12.8 Å². The van der Waals surface area contributed by atoms with Crippen LogP contribution in [0.5, 0.6) is 0 Å². The van der Waals surface area contributed by atoms with Gasteiger partial charge >= 0.3 is 5.97 Å². The molecule has 0 fully saturated rings. The maximum Gasteiger partial charge on any atom is 0.305 e. The summed E-state index contributed by atoms with van der Waals surface area (Å²) in [6, 6.07) is -0.546. The van der Waals surface area contributed by atoms with Gasteiger partial charge in [-0.15, -0.1) is 0 Å². The number of carbonyl (C=O) groups is 2. The quantitative estimate of drug-likeness (QED) is 0.0320. The number of allylic oxidation sites excluding steroid dienone is 3. The third-order valence-corrected chi connectivity index (χ3v) is 16.0. The van der Waals surface area contributed by atoms with Crippen molar-refractivity contribution in [3.8, 4) is 0 Å². The predicted octanol–water partition coefficient (Wildman–Crippen LogP) is 21.8. The van der Waals surface area contributed by atoms with Crippen LogP contribution in [-0.2, 0) is 14.3 Å². The van der Waals surface area contributed by atoms with Crippen molar-refractivity contribution in [3.05, 3.63) is 24.3 Å². The molecule has 0 saturated heterocycles. The molecule has 0 saturated carbocycles. The number of hydrogen-bond donors (Lipinski definition) is 3.